The molecule has 3 heterocycles. The quantitative estimate of drug-likeness (QED) is 0.319. The van der Waals surface area contributed by atoms with Gasteiger partial charge in [0, 0.05) is 50.0 Å². The maximum atomic E-state index is 14.4. The Morgan fingerprint density at radius 2 is 1.85 bits per heavy atom. The number of amides is 1. The largest absolute Gasteiger partial charge is 0.451 e. The number of benzene rings is 1. The van der Waals surface area contributed by atoms with Gasteiger partial charge in [-0.3, -0.25) is 9.59 Å². The molecular weight excluding hydrogens is 581 g/mol. The lowest BCUT2D eigenvalue weighted by molar-refractivity contribution is -0.120. The number of ketones is 1. The van der Waals surface area contributed by atoms with Crippen LogP contribution < -0.4 is 9.64 Å². The normalized spacial score (nSPS) is 28.8. The van der Waals surface area contributed by atoms with Crippen LogP contribution >= 0.6 is 0 Å². The number of Topliss-reactive ketones (excluding diaryl/α,β-unsaturated/α-hetero) is 1. The first-order valence-corrected chi connectivity index (χ1v) is 17.6. The summed E-state index contributed by atoms with van der Waals surface area (Å²) in [5.41, 5.74) is 0.838. The van der Waals surface area contributed by atoms with E-state index in [9.17, 15) is 14.0 Å². The van der Waals surface area contributed by atoms with Crippen LogP contribution in [0.25, 0.3) is 0 Å². The van der Waals surface area contributed by atoms with Gasteiger partial charge in [0.1, 0.15) is 23.7 Å². The van der Waals surface area contributed by atoms with Gasteiger partial charge in [0.15, 0.2) is 11.6 Å². The molecule has 6 fully saturated rings. The predicted molar refractivity (Wildman–Crippen MR) is 175 cm³/mol. The molecule has 1 aromatic carbocycles. The number of halogens is 1. The third-order valence-corrected chi connectivity index (χ3v) is 12.3. The molecule has 0 N–H and O–H groups in total. The lowest BCUT2D eigenvalue weighted by Gasteiger charge is -2.56. The van der Waals surface area contributed by atoms with Crippen LogP contribution in [0.2, 0.25) is 0 Å². The van der Waals surface area contributed by atoms with Crippen molar-refractivity contribution in [1.29, 1.82) is 0 Å². The van der Waals surface area contributed by atoms with Crippen LogP contribution in [-0.2, 0) is 4.79 Å². The first-order valence-electron chi connectivity index (χ1n) is 17.6. The minimum atomic E-state index is -0.478. The number of aromatic nitrogens is 2. The zero-order valence-electron chi connectivity index (χ0n) is 28.0. The van der Waals surface area contributed by atoms with Crippen LogP contribution in [0.3, 0.4) is 0 Å². The predicted octanol–water partition coefficient (Wildman–Crippen LogP) is 6.74. The van der Waals surface area contributed by atoms with Gasteiger partial charge >= 0.3 is 0 Å². The summed E-state index contributed by atoms with van der Waals surface area (Å²) in [6.07, 6.45) is 13.7. The standard InChI is InChI=1S/C37H50FN5O3/c1-24(2)43(25(3)4)35(45)31-16-29(38)7-8-32(31)46-33-19-39-23-40-34(33)42-21-36(22-42)11-13-41(14-12-36)20-27-15-28-6-5-26(27)17-37(28)10-9-30(44)18-37/h7-8,16,19,23-28H,5-6,9-15,17-18,20-22H2,1-4H3/t26-,27+,28?,37?/m1/s1. The Labute approximate surface area is 273 Å². The molecule has 1 amide bonds. The summed E-state index contributed by atoms with van der Waals surface area (Å²) in [5, 5.41) is 0. The van der Waals surface area contributed by atoms with E-state index in [1.807, 2.05) is 27.7 Å². The summed E-state index contributed by atoms with van der Waals surface area (Å²) < 4.78 is 20.7. The van der Waals surface area contributed by atoms with E-state index in [-0.39, 0.29) is 29.0 Å². The molecule has 4 aliphatic carbocycles. The Hall–Kier alpha value is -3.07. The number of hydrogen-bond donors (Lipinski definition) is 0. The van der Waals surface area contributed by atoms with Crippen molar-refractivity contribution >= 4 is 17.5 Å². The minimum absolute atomic E-state index is 0.0447. The molecule has 2 unspecified atom stereocenters. The summed E-state index contributed by atoms with van der Waals surface area (Å²) in [5.74, 6) is 3.63. The third kappa shape index (κ3) is 5.82. The molecule has 8 nitrogen and oxygen atoms in total. The number of carbonyl (C=O) groups excluding carboxylic acids is 2. The lowest BCUT2D eigenvalue weighted by atomic mass is 9.52. The molecule has 1 aromatic heterocycles. The fourth-order valence-electron chi connectivity index (χ4n) is 10.0. The SMILES string of the molecule is CC(C)N(C(=O)c1cc(F)ccc1Oc1cncnc1N1CC2(CCN(C[C@@H]3CC4CC[C@@H]3CC43CCC(=O)C3)CC2)C1)C(C)C. The number of piperidine rings is 1. The van der Waals surface area contributed by atoms with Crippen LogP contribution in [0, 0.1) is 34.4 Å². The van der Waals surface area contributed by atoms with Crippen molar-refractivity contribution in [2.24, 2.45) is 28.6 Å². The summed E-state index contributed by atoms with van der Waals surface area (Å²) in [7, 11) is 0. The highest BCUT2D eigenvalue weighted by atomic mass is 19.1. The second kappa shape index (κ2) is 12.2. The highest BCUT2D eigenvalue weighted by Gasteiger charge is 2.54. The molecule has 46 heavy (non-hydrogen) atoms. The van der Waals surface area contributed by atoms with Crippen molar-refractivity contribution in [1.82, 2.24) is 19.8 Å². The number of fused-ring (bicyclic) bond motifs is 2. The molecular formula is C37H50FN5O3. The van der Waals surface area contributed by atoms with Crippen molar-refractivity contribution in [2.45, 2.75) is 97.6 Å². The highest BCUT2D eigenvalue weighted by Crippen LogP contribution is 2.61. The second-order valence-corrected chi connectivity index (χ2v) is 15.8. The number of likely N-dealkylation sites (tertiary alicyclic amines) is 1. The van der Waals surface area contributed by atoms with E-state index in [4.69, 9.17) is 4.74 Å². The number of nitrogens with zero attached hydrogens (tertiary/aromatic N) is 5. The Balaban J connectivity index is 0.970. The van der Waals surface area contributed by atoms with Gasteiger partial charge in [-0.15, -0.1) is 0 Å². The summed E-state index contributed by atoms with van der Waals surface area (Å²) in [4.78, 5) is 41.3. The zero-order chi connectivity index (χ0) is 32.2. The number of carbonyl (C=O) groups is 2. The molecule has 2 bridgehead atoms. The Bertz CT molecular complexity index is 1460. The van der Waals surface area contributed by atoms with Gasteiger partial charge < -0.3 is 19.4 Å². The van der Waals surface area contributed by atoms with Gasteiger partial charge in [-0.05, 0) is 127 Å². The maximum absolute atomic E-state index is 14.4. The first-order chi connectivity index (χ1) is 22.0. The lowest BCUT2D eigenvalue weighted by Crippen LogP contribution is -2.61. The first kappa shape index (κ1) is 31.5. The van der Waals surface area contributed by atoms with Crippen molar-refractivity contribution in [3.8, 4) is 11.5 Å². The van der Waals surface area contributed by atoms with Gasteiger partial charge in [-0.1, -0.05) is 0 Å². The van der Waals surface area contributed by atoms with E-state index in [1.54, 1.807) is 11.1 Å². The van der Waals surface area contributed by atoms with Gasteiger partial charge in [-0.25, -0.2) is 14.4 Å². The zero-order valence-corrected chi connectivity index (χ0v) is 28.0. The summed E-state index contributed by atoms with van der Waals surface area (Å²) >= 11 is 0. The van der Waals surface area contributed by atoms with Gasteiger partial charge in [0.25, 0.3) is 5.91 Å². The van der Waals surface area contributed by atoms with Gasteiger partial charge in [0.2, 0.25) is 0 Å². The summed E-state index contributed by atoms with van der Waals surface area (Å²) in [6, 6.07) is 4.02. The highest BCUT2D eigenvalue weighted by molar-refractivity contribution is 5.97. The van der Waals surface area contributed by atoms with Crippen LogP contribution in [0.5, 0.6) is 11.5 Å². The molecule has 2 aromatic rings. The van der Waals surface area contributed by atoms with Crippen molar-refractivity contribution in [2.75, 3.05) is 37.6 Å². The molecule has 8 rings (SSSR count). The molecule has 0 radical (unpaired) electrons. The van der Waals surface area contributed by atoms with Crippen molar-refractivity contribution in [3.05, 3.63) is 42.1 Å². The van der Waals surface area contributed by atoms with Crippen LogP contribution in [0.1, 0.15) is 95.8 Å². The molecule has 4 saturated carbocycles. The smallest absolute Gasteiger partial charge is 0.258 e. The molecule has 9 heteroatoms. The van der Waals surface area contributed by atoms with Crippen LogP contribution in [0.15, 0.2) is 30.7 Å². The Morgan fingerprint density at radius 1 is 1.09 bits per heavy atom. The Morgan fingerprint density at radius 3 is 2.50 bits per heavy atom. The topological polar surface area (TPSA) is 78.9 Å². The van der Waals surface area contributed by atoms with Gasteiger partial charge in [0.05, 0.1) is 11.8 Å². The van der Waals surface area contributed by atoms with Gasteiger partial charge in [-0.2, -0.15) is 0 Å². The van der Waals surface area contributed by atoms with Crippen molar-refractivity contribution < 1.29 is 18.7 Å². The second-order valence-electron chi connectivity index (χ2n) is 15.8. The van der Waals surface area contributed by atoms with Crippen LogP contribution in [-0.4, -0.2) is 76.3 Å². The number of rotatable bonds is 8. The number of anilines is 1. The average Bonchev–Trinajstić information content (AvgIpc) is 3.37. The Kier molecular flexibility index (Phi) is 8.35. The average molecular weight is 632 g/mol. The fourth-order valence-corrected chi connectivity index (χ4v) is 10.0. The number of hydrogen-bond acceptors (Lipinski definition) is 7. The van der Waals surface area contributed by atoms with E-state index < -0.39 is 5.82 Å². The molecule has 248 valence electrons. The van der Waals surface area contributed by atoms with E-state index in [1.165, 1.54) is 69.6 Å². The maximum Gasteiger partial charge on any atom is 0.258 e. The number of ether oxygens (including phenoxy) is 1. The third-order valence-electron chi connectivity index (χ3n) is 12.3. The van der Waals surface area contributed by atoms with Crippen LogP contribution in [0.4, 0.5) is 10.2 Å². The molecule has 6 aliphatic rings. The summed E-state index contributed by atoms with van der Waals surface area (Å²) in [6.45, 7) is 13.2. The van der Waals surface area contributed by atoms with E-state index in [2.05, 4.69) is 19.8 Å². The molecule has 4 atom stereocenters. The van der Waals surface area contributed by atoms with E-state index in [0.717, 1.165) is 63.2 Å². The molecule has 2 aliphatic heterocycles. The molecule has 2 saturated heterocycles. The monoisotopic (exact) mass is 631 g/mol. The minimum Gasteiger partial charge on any atom is -0.451 e. The molecule has 2 spiro atoms. The fraction of sp³-hybridized carbons (Fsp3) is 0.676. The van der Waals surface area contributed by atoms with E-state index in [0.29, 0.717) is 28.5 Å². The van der Waals surface area contributed by atoms with E-state index >= 15 is 0 Å². The van der Waals surface area contributed by atoms with Crippen molar-refractivity contribution in [3.63, 3.8) is 0 Å².